The molecule has 1 aliphatic rings. The number of thiophene rings is 1. The number of hydrogen-bond donors (Lipinski definition) is 2. The Kier molecular flexibility index (Phi) is 7.28. The Morgan fingerprint density at radius 3 is 2.52 bits per heavy atom. The third-order valence-electron chi connectivity index (χ3n) is 4.82. The summed E-state index contributed by atoms with van der Waals surface area (Å²) in [5, 5.41) is 5.80. The van der Waals surface area contributed by atoms with Crippen LogP contribution >= 0.6 is 11.3 Å². The first-order valence-corrected chi connectivity index (χ1v) is 11.9. The smallest absolute Gasteiger partial charge is 0.315 e. The van der Waals surface area contributed by atoms with Crippen LogP contribution in [0.3, 0.4) is 0 Å². The molecule has 3 rings (SSSR count). The van der Waals surface area contributed by atoms with Crippen LogP contribution in [0, 0.1) is 6.92 Å². The first-order valence-electron chi connectivity index (χ1n) is 9.67. The molecule has 7 nitrogen and oxygen atoms in total. The van der Waals surface area contributed by atoms with E-state index in [1.165, 1.54) is 21.2 Å². The van der Waals surface area contributed by atoms with E-state index in [0.29, 0.717) is 30.5 Å². The molecule has 9 heteroatoms. The van der Waals surface area contributed by atoms with Crippen molar-refractivity contribution in [2.75, 3.05) is 26.3 Å². The number of benzene rings is 1. The molecule has 0 radical (unpaired) electrons. The van der Waals surface area contributed by atoms with Gasteiger partial charge in [0.05, 0.1) is 25.8 Å². The molecule has 0 aliphatic carbocycles. The summed E-state index contributed by atoms with van der Waals surface area (Å²) >= 11 is 1.19. The Morgan fingerprint density at radius 2 is 1.86 bits per heavy atom. The number of ether oxygens (including phenoxy) is 1. The van der Waals surface area contributed by atoms with E-state index in [1.54, 1.807) is 12.1 Å². The number of aryl methyl sites for hydroxylation is 1. The molecule has 1 aromatic heterocycles. The second-order valence-electron chi connectivity index (χ2n) is 6.94. The lowest BCUT2D eigenvalue weighted by Crippen LogP contribution is -2.40. The predicted octanol–water partition coefficient (Wildman–Crippen LogP) is 3.03. The zero-order valence-corrected chi connectivity index (χ0v) is 18.3. The van der Waals surface area contributed by atoms with Crippen LogP contribution in [-0.4, -0.2) is 45.1 Å². The fourth-order valence-corrected chi connectivity index (χ4v) is 5.96. The number of nitrogens with one attached hydrogen (secondary N) is 2. The van der Waals surface area contributed by atoms with Gasteiger partial charge in [-0.05, 0) is 31.0 Å². The van der Waals surface area contributed by atoms with Crippen LogP contribution in [0.15, 0.2) is 40.6 Å². The minimum Gasteiger partial charge on any atom is -0.379 e. The van der Waals surface area contributed by atoms with Gasteiger partial charge >= 0.3 is 6.03 Å². The van der Waals surface area contributed by atoms with Gasteiger partial charge in [-0.2, -0.15) is 4.31 Å². The molecular formula is C20H27N3O4S2. The molecule has 2 heterocycles. The number of hydrogen-bond acceptors (Lipinski definition) is 5. The number of sulfonamides is 1. The maximum Gasteiger partial charge on any atom is 0.315 e. The van der Waals surface area contributed by atoms with Crippen LogP contribution in [0.25, 0.3) is 0 Å². The van der Waals surface area contributed by atoms with Gasteiger partial charge in [-0.3, -0.25) is 0 Å². The van der Waals surface area contributed by atoms with Gasteiger partial charge in [0.1, 0.15) is 4.21 Å². The van der Waals surface area contributed by atoms with Gasteiger partial charge in [0.2, 0.25) is 0 Å². The van der Waals surface area contributed by atoms with Gasteiger partial charge in [-0.15, -0.1) is 11.3 Å². The monoisotopic (exact) mass is 437 g/mol. The Bertz CT molecular complexity index is 919. The van der Waals surface area contributed by atoms with Crippen LogP contribution in [0.4, 0.5) is 4.79 Å². The summed E-state index contributed by atoms with van der Waals surface area (Å²) in [6.07, 6.45) is 0.775. The predicted molar refractivity (Wildman–Crippen MR) is 113 cm³/mol. The minimum atomic E-state index is -3.50. The van der Waals surface area contributed by atoms with E-state index in [1.807, 2.05) is 38.1 Å². The molecule has 29 heavy (non-hydrogen) atoms. The SMILES string of the molecule is CCC(NC(=O)NCc1ccc(S(=O)(=O)N2CCOCC2)s1)c1ccc(C)cc1. The first kappa shape index (κ1) is 21.8. The number of rotatable bonds is 7. The van der Waals surface area contributed by atoms with Crippen molar-refractivity contribution in [2.45, 2.75) is 37.1 Å². The van der Waals surface area contributed by atoms with Crippen LogP contribution in [0.2, 0.25) is 0 Å². The third-order valence-corrected chi connectivity index (χ3v) is 8.27. The minimum absolute atomic E-state index is 0.0730. The topological polar surface area (TPSA) is 87.7 Å². The molecule has 1 fully saturated rings. The second kappa shape index (κ2) is 9.71. The maximum atomic E-state index is 12.7. The Hall–Kier alpha value is -1.94. The summed E-state index contributed by atoms with van der Waals surface area (Å²) in [6.45, 7) is 5.89. The lowest BCUT2D eigenvalue weighted by atomic mass is 10.0. The van der Waals surface area contributed by atoms with Crippen molar-refractivity contribution in [3.8, 4) is 0 Å². The number of morpholine rings is 1. The number of urea groups is 1. The average Bonchev–Trinajstić information content (AvgIpc) is 3.22. The average molecular weight is 438 g/mol. The van der Waals surface area contributed by atoms with Crippen LogP contribution < -0.4 is 10.6 Å². The molecule has 1 aliphatic heterocycles. The van der Waals surface area contributed by atoms with Crippen molar-refractivity contribution in [1.82, 2.24) is 14.9 Å². The standard InChI is InChI=1S/C20H27N3O4S2/c1-3-18(16-6-4-15(2)5-7-16)22-20(24)21-14-17-8-9-19(28-17)29(25,26)23-10-12-27-13-11-23/h4-9,18H,3,10-14H2,1-2H3,(H2,21,22,24). The molecule has 1 unspecified atom stereocenters. The molecule has 2 aromatic rings. The highest BCUT2D eigenvalue weighted by Gasteiger charge is 2.27. The molecule has 0 saturated carbocycles. The van der Waals surface area contributed by atoms with E-state index < -0.39 is 10.0 Å². The Balaban J connectivity index is 1.56. The molecule has 158 valence electrons. The zero-order chi connectivity index (χ0) is 20.9. The lowest BCUT2D eigenvalue weighted by Gasteiger charge is -2.25. The fourth-order valence-electron chi connectivity index (χ4n) is 3.10. The number of carbonyl (C=O) groups is 1. The van der Waals surface area contributed by atoms with Gasteiger partial charge < -0.3 is 15.4 Å². The van der Waals surface area contributed by atoms with E-state index >= 15 is 0 Å². The molecule has 0 spiro atoms. The van der Waals surface area contributed by atoms with Crippen LogP contribution in [0.5, 0.6) is 0 Å². The van der Waals surface area contributed by atoms with E-state index in [4.69, 9.17) is 4.74 Å². The number of carbonyl (C=O) groups excluding carboxylic acids is 1. The molecule has 0 bridgehead atoms. The third kappa shape index (κ3) is 5.57. The molecule has 2 N–H and O–H groups in total. The summed E-state index contributed by atoms with van der Waals surface area (Å²) < 4.78 is 32.3. The van der Waals surface area contributed by atoms with Gasteiger partial charge in [-0.1, -0.05) is 36.8 Å². The van der Waals surface area contributed by atoms with Crippen molar-refractivity contribution in [2.24, 2.45) is 0 Å². The van der Waals surface area contributed by atoms with E-state index in [2.05, 4.69) is 10.6 Å². The van der Waals surface area contributed by atoms with Crippen LogP contribution in [0.1, 0.15) is 35.4 Å². The highest BCUT2D eigenvalue weighted by molar-refractivity contribution is 7.91. The molecule has 1 aromatic carbocycles. The quantitative estimate of drug-likeness (QED) is 0.697. The van der Waals surface area contributed by atoms with Gasteiger partial charge in [0, 0.05) is 18.0 Å². The summed E-state index contributed by atoms with van der Waals surface area (Å²) in [5.41, 5.74) is 2.23. The van der Waals surface area contributed by atoms with Gasteiger partial charge in [-0.25, -0.2) is 13.2 Å². The molecule has 1 saturated heterocycles. The summed E-state index contributed by atoms with van der Waals surface area (Å²) in [7, 11) is -3.50. The second-order valence-corrected chi connectivity index (χ2v) is 10.3. The number of amides is 2. The van der Waals surface area contributed by atoms with E-state index in [9.17, 15) is 13.2 Å². The van der Waals surface area contributed by atoms with Crippen molar-refractivity contribution in [1.29, 1.82) is 0 Å². The normalized spacial score (nSPS) is 16.3. The highest BCUT2D eigenvalue weighted by atomic mass is 32.2. The highest BCUT2D eigenvalue weighted by Crippen LogP contribution is 2.25. The zero-order valence-electron chi connectivity index (χ0n) is 16.7. The van der Waals surface area contributed by atoms with Crippen molar-refractivity contribution < 1.29 is 17.9 Å². The summed E-state index contributed by atoms with van der Waals surface area (Å²) in [5.74, 6) is 0. The van der Waals surface area contributed by atoms with Gasteiger partial charge in [0.15, 0.2) is 0 Å². The molecular weight excluding hydrogens is 410 g/mol. The number of nitrogens with zero attached hydrogens (tertiary/aromatic N) is 1. The largest absolute Gasteiger partial charge is 0.379 e. The lowest BCUT2D eigenvalue weighted by molar-refractivity contribution is 0.0731. The van der Waals surface area contributed by atoms with Crippen molar-refractivity contribution in [3.63, 3.8) is 0 Å². The molecule has 2 amide bonds. The van der Waals surface area contributed by atoms with E-state index in [0.717, 1.165) is 16.9 Å². The van der Waals surface area contributed by atoms with Gasteiger partial charge in [0.25, 0.3) is 10.0 Å². The van der Waals surface area contributed by atoms with Crippen LogP contribution in [-0.2, 0) is 21.3 Å². The van der Waals surface area contributed by atoms with Crippen molar-refractivity contribution in [3.05, 3.63) is 52.4 Å². The summed E-state index contributed by atoms with van der Waals surface area (Å²) in [4.78, 5) is 13.1. The Morgan fingerprint density at radius 1 is 1.17 bits per heavy atom. The summed E-state index contributed by atoms with van der Waals surface area (Å²) in [6, 6.07) is 11.1. The first-order chi connectivity index (χ1) is 13.9. The maximum absolute atomic E-state index is 12.7. The fraction of sp³-hybridized carbons (Fsp3) is 0.450. The van der Waals surface area contributed by atoms with Crippen molar-refractivity contribution >= 4 is 27.4 Å². The van der Waals surface area contributed by atoms with E-state index in [-0.39, 0.29) is 18.6 Å². The molecule has 1 atom stereocenters. The Labute approximate surface area is 176 Å².